The predicted molar refractivity (Wildman–Crippen MR) is 63.1 cm³/mol. The lowest BCUT2D eigenvalue weighted by Gasteiger charge is -2.13. The highest BCUT2D eigenvalue weighted by molar-refractivity contribution is 7.98. The van der Waals surface area contributed by atoms with E-state index < -0.39 is 0 Å². The van der Waals surface area contributed by atoms with Crippen molar-refractivity contribution in [3.8, 4) is 0 Å². The Kier molecular flexibility index (Phi) is 4.99. The van der Waals surface area contributed by atoms with Crippen LogP contribution in [0, 0.1) is 5.92 Å². The van der Waals surface area contributed by atoms with Crippen LogP contribution in [0.2, 0.25) is 0 Å². The van der Waals surface area contributed by atoms with Crippen LogP contribution in [0.5, 0.6) is 0 Å². The van der Waals surface area contributed by atoms with Crippen molar-refractivity contribution in [3.05, 3.63) is 0 Å². The van der Waals surface area contributed by atoms with E-state index in [0.717, 1.165) is 12.2 Å². The molecular weight excluding hydrogens is 226 g/mol. The Morgan fingerprint density at radius 1 is 1.50 bits per heavy atom. The fourth-order valence-electron chi connectivity index (χ4n) is 1.74. The first-order valence-electron chi connectivity index (χ1n) is 5.39. The SMILES string of the molecule is CSCCC1CC(=O)N(CCC(C)=O)C1=O. The van der Waals surface area contributed by atoms with Gasteiger partial charge in [0, 0.05) is 25.3 Å². The van der Waals surface area contributed by atoms with Gasteiger partial charge in [0.1, 0.15) is 5.78 Å². The number of carbonyl (C=O) groups is 3. The number of carbonyl (C=O) groups excluding carboxylic acids is 3. The maximum atomic E-state index is 11.8. The molecule has 1 aliphatic rings. The fourth-order valence-corrected chi connectivity index (χ4v) is 2.26. The van der Waals surface area contributed by atoms with E-state index in [2.05, 4.69) is 0 Å². The van der Waals surface area contributed by atoms with Gasteiger partial charge in [0.2, 0.25) is 11.8 Å². The lowest BCUT2D eigenvalue weighted by Crippen LogP contribution is -2.32. The zero-order valence-electron chi connectivity index (χ0n) is 9.69. The molecule has 0 spiro atoms. The maximum absolute atomic E-state index is 11.8. The second kappa shape index (κ2) is 6.03. The van der Waals surface area contributed by atoms with Crippen LogP contribution in [0.1, 0.15) is 26.2 Å². The molecule has 5 heteroatoms. The average Bonchev–Trinajstić information content (AvgIpc) is 2.48. The van der Waals surface area contributed by atoms with Crippen LogP contribution in [0.15, 0.2) is 0 Å². The largest absolute Gasteiger partial charge is 0.300 e. The number of rotatable bonds is 6. The molecule has 1 rings (SSSR count). The highest BCUT2D eigenvalue weighted by atomic mass is 32.2. The highest BCUT2D eigenvalue weighted by Gasteiger charge is 2.37. The Morgan fingerprint density at radius 2 is 2.19 bits per heavy atom. The van der Waals surface area contributed by atoms with Crippen LogP contribution < -0.4 is 0 Å². The second-order valence-corrected chi connectivity index (χ2v) is 5.00. The number of hydrogen-bond acceptors (Lipinski definition) is 4. The Hall–Kier alpha value is -0.840. The third kappa shape index (κ3) is 3.33. The summed E-state index contributed by atoms with van der Waals surface area (Å²) < 4.78 is 0. The molecule has 1 heterocycles. The molecule has 0 N–H and O–H groups in total. The smallest absolute Gasteiger partial charge is 0.232 e. The van der Waals surface area contributed by atoms with Crippen LogP contribution in [0.4, 0.5) is 0 Å². The van der Waals surface area contributed by atoms with Crippen molar-refractivity contribution in [3.63, 3.8) is 0 Å². The van der Waals surface area contributed by atoms with Crippen molar-refractivity contribution in [2.75, 3.05) is 18.6 Å². The molecule has 0 aromatic carbocycles. The van der Waals surface area contributed by atoms with Crippen molar-refractivity contribution >= 4 is 29.4 Å². The molecule has 0 aromatic rings. The van der Waals surface area contributed by atoms with Gasteiger partial charge in [0.25, 0.3) is 0 Å². The molecule has 0 aromatic heterocycles. The standard InChI is InChI=1S/C11H17NO3S/c1-8(13)3-5-12-10(14)7-9(11(12)15)4-6-16-2/h9H,3-7H2,1-2H3. The third-order valence-electron chi connectivity index (χ3n) is 2.70. The summed E-state index contributed by atoms with van der Waals surface area (Å²) in [6, 6.07) is 0. The van der Waals surface area contributed by atoms with E-state index in [0.29, 0.717) is 6.42 Å². The van der Waals surface area contributed by atoms with Gasteiger partial charge in [0.15, 0.2) is 0 Å². The minimum atomic E-state index is -0.160. The number of thioether (sulfide) groups is 1. The normalized spacial score (nSPS) is 20.6. The first-order chi connectivity index (χ1) is 7.56. The monoisotopic (exact) mass is 243 g/mol. The van der Waals surface area contributed by atoms with E-state index in [1.807, 2.05) is 6.26 Å². The zero-order valence-corrected chi connectivity index (χ0v) is 10.5. The summed E-state index contributed by atoms with van der Waals surface area (Å²) in [5, 5.41) is 0. The molecular formula is C11H17NO3S. The molecule has 1 unspecified atom stereocenters. The number of nitrogens with zero attached hydrogens (tertiary/aromatic N) is 1. The molecule has 0 saturated carbocycles. The maximum Gasteiger partial charge on any atom is 0.232 e. The predicted octanol–water partition coefficient (Wildman–Crippen LogP) is 1.09. The molecule has 0 radical (unpaired) electrons. The lowest BCUT2D eigenvalue weighted by molar-refractivity contribution is -0.139. The molecule has 4 nitrogen and oxygen atoms in total. The minimum Gasteiger partial charge on any atom is -0.300 e. The Labute approximate surface area is 99.8 Å². The van der Waals surface area contributed by atoms with Crippen LogP contribution >= 0.6 is 11.8 Å². The minimum absolute atomic E-state index is 0.00756. The summed E-state index contributed by atoms with van der Waals surface area (Å²) in [7, 11) is 0. The van der Waals surface area contributed by atoms with Gasteiger partial charge in [-0.3, -0.25) is 19.3 Å². The van der Waals surface area contributed by atoms with E-state index in [-0.39, 0.29) is 36.5 Å². The molecule has 90 valence electrons. The van der Waals surface area contributed by atoms with Crippen LogP contribution in [0.25, 0.3) is 0 Å². The highest BCUT2D eigenvalue weighted by Crippen LogP contribution is 2.23. The molecule has 1 atom stereocenters. The van der Waals surface area contributed by atoms with E-state index >= 15 is 0 Å². The number of hydrogen-bond donors (Lipinski definition) is 0. The van der Waals surface area contributed by atoms with Gasteiger partial charge in [-0.15, -0.1) is 0 Å². The van der Waals surface area contributed by atoms with E-state index in [9.17, 15) is 14.4 Å². The summed E-state index contributed by atoms with van der Waals surface area (Å²) >= 11 is 1.68. The first kappa shape index (κ1) is 13.2. The molecule has 0 bridgehead atoms. The average molecular weight is 243 g/mol. The van der Waals surface area contributed by atoms with Gasteiger partial charge in [-0.1, -0.05) is 0 Å². The molecule has 0 aliphatic carbocycles. The van der Waals surface area contributed by atoms with Crippen LogP contribution in [-0.4, -0.2) is 41.1 Å². The van der Waals surface area contributed by atoms with Crippen molar-refractivity contribution in [1.29, 1.82) is 0 Å². The Balaban J connectivity index is 2.50. The summed E-state index contributed by atoms with van der Waals surface area (Å²) in [6.07, 6.45) is 3.32. The third-order valence-corrected chi connectivity index (χ3v) is 3.34. The number of amides is 2. The topological polar surface area (TPSA) is 54.5 Å². The zero-order chi connectivity index (χ0) is 12.1. The Morgan fingerprint density at radius 3 is 2.75 bits per heavy atom. The molecule has 1 saturated heterocycles. The van der Waals surface area contributed by atoms with E-state index in [1.54, 1.807) is 11.8 Å². The Bertz CT molecular complexity index is 304. The van der Waals surface area contributed by atoms with Crippen molar-refractivity contribution < 1.29 is 14.4 Å². The lowest BCUT2D eigenvalue weighted by atomic mass is 10.1. The number of Topliss-reactive ketones (excluding diaryl/α,β-unsaturated/α-hetero) is 1. The van der Waals surface area contributed by atoms with Gasteiger partial charge in [-0.2, -0.15) is 11.8 Å². The van der Waals surface area contributed by atoms with Gasteiger partial charge < -0.3 is 0 Å². The van der Waals surface area contributed by atoms with Crippen molar-refractivity contribution in [1.82, 2.24) is 4.90 Å². The van der Waals surface area contributed by atoms with E-state index in [4.69, 9.17) is 0 Å². The summed E-state index contributed by atoms with van der Waals surface area (Å²) in [5.74, 6) is 0.516. The number of ketones is 1. The van der Waals surface area contributed by atoms with E-state index in [1.165, 1.54) is 11.8 Å². The summed E-state index contributed by atoms with van der Waals surface area (Å²) in [6.45, 7) is 1.72. The van der Waals surface area contributed by atoms with Gasteiger partial charge in [-0.25, -0.2) is 0 Å². The van der Waals surface area contributed by atoms with Crippen molar-refractivity contribution in [2.24, 2.45) is 5.92 Å². The van der Waals surface area contributed by atoms with Crippen LogP contribution in [0.3, 0.4) is 0 Å². The summed E-state index contributed by atoms with van der Waals surface area (Å²) in [4.78, 5) is 35.4. The molecule has 1 aliphatic heterocycles. The fraction of sp³-hybridized carbons (Fsp3) is 0.727. The number of likely N-dealkylation sites (tertiary alicyclic amines) is 1. The van der Waals surface area contributed by atoms with Gasteiger partial charge in [0.05, 0.1) is 0 Å². The van der Waals surface area contributed by atoms with Gasteiger partial charge >= 0.3 is 0 Å². The first-order valence-corrected chi connectivity index (χ1v) is 6.78. The van der Waals surface area contributed by atoms with Crippen molar-refractivity contribution in [2.45, 2.75) is 26.2 Å². The quantitative estimate of drug-likeness (QED) is 0.655. The van der Waals surface area contributed by atoms with Gasteiger partial charge in [-0.05, 0) is 25.4 Å². The second-order valence-electron chi connectivity index (χ2n) is 4.02. The van der Waals surface area contributed by atoms with Crippen LogP contribution in [-0.2, 0) is 14.4 Å². The molecule has 1 fully saturated rings. The summed E-state index contributed by atoms with van der Waals surface area (Å²) in [5.41, 5.74) is 0. The molecule has 2 amide bonds. The molecule has 16 heavy (non-hydrogen) atoms. The number of imide groups is 1.